The summed E-state index contributed by atoms with van der Waals surface area (Å²) in [4.78, 5) is 14.4. The van der Waals surface area contributed by atoms with Crippen LogP contribution in [-0.4, -0.2) is 22.0 Å². The molecule has 4 nitrogen and oxygen atoms in total. The second-order valence-electron chi connectivity index (χ2n) is 6.49. The van der Waals surface area contributed by atoms with Crippen molar-refractivity contribution in [1.82, 2.24) is 9.47 Å². The van der Waals surface area contributed by atoms with E-state index >= 15 is 0 Å². The average molecular weight is 333 g/mol. The van der Waals surface area contributed by atoms with Crippen molar-refractivity contribution in [2.75, 3.05) is 11.9 Å². The SMILES string of the molecule is Cc1ccc2n1CCN(C(=O)Nc1cc(F)ccc1F)[C@@H]2C(C)C. The Hall–Kier alpha value is -2.37. The van der Waals surface area contributed by atoms with Crippen molar-refractivity contribution in [1.29, 1.82) is 0 Å². The van der Waals surface area contributed by atoms with E-state index in [0.29, 0.717) is 13.1 Å². The van der Waals surface area contributed by atoms with Gasteiger partial charge in [-0.15, -0.1) is 0 Å². The highest BCUT2D eigenvalue weighted by atomic mass is 19.1. The van der Waals surface area contributed by atoms with Crippen LogP contribution in [0.5, 0.6) is 0 Å². The number of rotatable bonds is 2. The fourth-order valence-corrected chi connectivity index (χ4v) is 3.37. The molecule has 1 aliphatic heterocycles. The molecule has 128 valence electrons. The first kappa shape index (κ1) is 16.5. The van der Waals surface area contributed by atoms with Crippen LogP contribution < -0.4 is 5.32 Å². The van der Waals surface area contributed by atoms with E-state index in [1.807, 2.05) is 32.9 Å². The topological polar surface area (TPSA) is 37.3 Å². The number of amides is 2. The number of carbonyl (C=O) groups is 1. The molecule has 2 heterocycles. The summed E-state index contributed by atoms with van der Waals surface area (Å²) < 4.78 is 29.3. The number of urea groups is 1. The molecule has 1 N–H and O–H groups in total. The lowest BCUT2D eigenvalue weighted by Gasteiger charge is -2.39. The van der Waals surface area contributed by atoms with Crippen LogP contribution in [0.15, 0.2) is 30.3 Å². The van der Waals surface area contributed by atoms with Gasteiger partial charge in [0.25, 0.3) is 0 Å². The molecule has 1 atom stereocenters. The molecule has 0 bridgehead atoms. The Balaban J connectivity index is 1.88. The van der Waals surface area contributed by atoms with Gasteiger partial charge in [0, 0.05) is 30.5 Å². The van der Waals surface area contributed by atoms with Crippen molar-refractivity contribution < 1.29 is 13.6 Å². The van der Waals surface area contributed by atoms with Crippen LogP contribution >= 0.6 is 0 Å². The highest BCUT2D eigenvalue weighted by Crippen LogP contribution is 2.34. The lowest BCUT2D eigenvalue weighted by atomic mass is 9.97. The number of nitrogens with zero attached hydrogens (tertiary/aromatic N) is 2. The van der Waals surface area contributed by atoms with Crippen molar-refractivity contribution in [3.63, 3.8) is 0 Å². The molecule has 2 amide bonds. The van der Waals surface area contributed by atoms with Crippen LogP contribution in [0.4, 0.5) is 19.3 Å². The molecule has 2 aromatic rings. The normalized spacial score (nSPS) is 17.1. The van der Waals surface area contributed by atoms with Gasteiger partial charge >= 0.3 is 6.03 Å². The number of anilines is 1. The number of hydrogen-bond donors (Lipinski definition) is 1. The third-order valence-electron chi connectivity index (χ3n) is 4.50. The first-order chi connectivity index (χ1) is 11.4. The molecule has 6 heteroatoms. The summed E-state index contributed by atoms with van der Waals surface area (Å²) in [6, 6.07) is 6.58. The van der Waals surface area contributed by atoms with E-state index in [4.69, 9.17) is 0 Å². The van der Waals surface area contributed by atoms with Gasteiger partial charge < -0.3 is 14.8 Å². The lowest BCUT2D eigenvalue weighted by Crippen LogP contribution is -2.46. The lowest BCUT2D eigenvalue weighted by molar-refractivity contribution is 0.143. The molecule has 0 fully saturated rings. The summed E-state index contributed by atoms with van der Waals surface area (Å²) in [6.07, 6.45) is 0. The fourth-order valence-electron chi connectivity index (χ4n) is 3.37. The molecule has 0 spiro atoms. The zero-order valence-electron chi connectivity index (χ0n) is 14.0. The molecule has 0 radical (unpaired) electrons. The van der Waals surface area contributed by atoms with E-state index in [1.54, 1.807) is 4.90 Å². The van der Waals surface area contributed by atoms with E-state index in [2.05, 4.69) is 9.88 Å². The molecule has 0 saturated heterocycles. The molecule has 0 aliphatic carbocycles. The van der Waals surface area contributed by atoms with Crippen molar-refractivity contribution in [2.45, 2.75) is 33.4 Å². The Labute approximate surface area is 140 Å². The van der Waals surface area contributed by atoms with E-state index in [1.165, 1.54) is 0 Å². The molecule has 24 heavy (non-hydrogen) atoms. The van der Waals surface area contributed by atoms with E-state index in [9.17, 15) is 13.6 Å². The van der Waals surface area contributed by atoms with Crippen LogP contribution in [-0.2, 0) is 6.54 Å². The van der Waals surface area contributed by atoms with Gasteiger partial charge in [0.1, 0.15) is 11.6 Å². The maximum atomic E-state index is 13.8. The van der Waals surface area contributed by atoms with Gasteiger partial charge in [-0.3, -0.25) is 0 Å². The number of aromatic nitrogens is 1. The quantitative estimate of drug-likeness (QED) is 0.873. The molecule has 3 rings (SSSR count). The number of fused-ring (bicyclic) bond motifs is 1. The summed E-state index contributed by atoms with van der Waals surface area (Å²) in [5, 5.41) is 2.51. The predicted octanol–water partition coefficient (Wildman–Crippen LogP) is 4.32. The first-order valence-corrected chi connectivity index (χ1v) is 8.07. The highest BCUT2D eigenvalue weighted by Gasteiger charge is 2.34. The molecule has 1 aliphatic rings. The summed E-state index contributed by atoms with van der Waals surface area (Å²) in [7, 11) is 0. The second-order valence-corrected chi connectivity index (χ2v) is 6.49. The highest BCUT2D eigenvalue weighted by molar-refractivity contribution is 5.89. The van der Waals surface area contributed by atoms with E-state index in [0.717, 1.165) is 29.6 Å². The second kappa shape index (κ2) is 6.26. The zero-order chi connectivity index (χ0) is 17.4. The maximum Gasteiger partial charge on any atom is 0.322 e. The number of nitrogens with one attached hydrogen (secondary N) is 1. The number of carbonyl (C=O) groups excluding carboxylic acids is 1. The van der Waals surface area contributed by atoms with Gasteiger partial charge in [-0.2, -0.15) is 0 Å². The fraction of sp³-hybridized carbons (Fsp3) is 0.389. The van der Waals surface area contributed by atoms with Crippen LogP contribution in [0.2, 0.25) is 0 Å². The Morgan fingerprint density at radius 3 is 2.67 bits per heavy atom. The third-order valence-corrected chi connectivity index (χ3v) is 4.50. The average Bonchev–Trinajstić information content (AvgIpc) is 2.91. The van der Waals surface area contributed by atoms with E-state index in [-0.39, 0.29) is 17.6 Å². The van der Waals surface area contributed by atoms with Crippen molar-refractivity contribution in [2.24, 2.45) is 5.92 Å². The van der Waals surface area contributed by atoms with Crippen LogP contribution in [0.3, 0.4) is 0 Å². The van der Waals surface area contributed by atoms with Gasteiger partial charge in [0.2, 0.25) is 0 Å². The van der Waals surface area contributed by atoms with Gasteiger partial charge in [0.15, 0.2) is 0 Å². The summed E-state index contributed by atoms with van der Waals surface area (Å²) >= 11 is 0. The van der Waals surface area contributed by atoms with Gasteiger partial charge in [-0.1, -0.05) is 13.8 Å². The summed E-state index contributed by atoms with van der Waals surface area (Å²) in [5.41, 5.74) is 2.09. The molecule has 0 saturated carbocycles. The molecule has 0 unspecified atom stereocenters. The van der Waals surface area contributed by atoms with E-state index < -0.39 is 17.7 Å². The van der Waals surface area contributed by atoms with Gasteiger partial charge in [0.05, 0.1) is 11.7 Å². The van der Waals surface area contributed by atoms with Gasteiger partial charge in [-0.05, 0) is 37.1 Å². The molecule has 1 aromatic carbocycles. The van der Waals surface area contributed by atoms with Gasteiger partial charge in [-0.25, -0.2) is 13.6 Å². The molecular weight excluding hydrogens is 312 g/mol. The zero-order valence-corrected chi connectivity index (χ0v) is 14.0. The summed E-state index contributed by atoms with van der Waals surface area (Å²) in [5.74, 6) is -1.04. The minimum absolute atomic E-state index is 0.107. The Morgan fingerprint density at radius 2 is 1.96 bits per heavy atom. The van der Waals surface area contributed by atoms with Crippen LogP contribution in [0, 0.1) is 24.5 Å². The number of benzene rings is 1. The number of halogens is 2. The standard InChI is InChI=1S/C18H21F2N3O/c1-11(2)17-16-7-4-12(3)22(16)8-9-23(17)18(24)21-15-10-13(19)5-6-14(15)20/h4-7,10-11,17H,8-9H2,1-3H3,(H,21,24)/t17-/m1/s1. The molecular formula is C18H21F2N3O. The van der Waals surface area contributed by atoms with Crippen LogP contribution in [0.1, 0.15) is 31.3 Å². The number of hydrogen-bond acceptors (Lipinski definition) is 1. The molecule has 1 aromatic heterocycles. The Bertz CT molecular complexity index is 770. The smallest absolute Gasteiger partial charge is 0.322 e. The third kappa shape index (κ3) is 2.88. The Morgan fingerprint density at radius 1 is 1.21 bits per heavy atom. The first-order valence-electron chi connectivity index (χ1n) is 8.07. The predicted molar refractivity (Wildman–Crippen MR) is 88.8 cm³/mol. The largest absolute Gasteiger partial charge is 0.345 e. The van der Waals surface area contributed by atoms with Crippen molar-refractivity contribution in [3.8, 4) is 0 Å². The minimum atomic E-state index is -0.651. The summed E-state index contributed by atoms with van der Waals surface area (Å²) in [6.45, 7) is 7.35. The number of aryl methyl sites for hydroxylation is 1. The minimum Gasteiger partial charge on any atom is -0.345 e. The monoisotopic (exact) mass is 333 g/mol. The van der Waals surface area contributed by atoms with Crippen molar-refractivity contribution >= 4 is 11.7 Å². The van der Waals surface area contributed by atoms with Crippen LogP contribution in [0.25, 0.3) is 0 Å². The Kier molecular flexibility index (Phi) is 4.30. The maximum absolute atomic E-state index is 13.8. The van der Waals surface area contributed by atoms with Crippen molar-refractivity contribution in [3.05, 3.63) is 53.4 Å².